The van der Waals surface area contributed by atoms with Gasteiger partial charge in [-0.25, -0.2) is 4.79 Å². The Morgan fingerprint density at radius 2 is 2.00 bits per heavy atom. The maximum atomic E-state index is 12.5. The minimum Gasteiger partial charge on any atom is -0.496 e. The molecule has 0 spiro atoms. The molecule has 1 amide bonds. The van der Waals surface area contributed by atoms with Crippen molar-refractivity contribution in [1.29, 1.82) is 0 Å². The highest BCUT2D eigenvalue weighted by molar-refractivity contribution is 7.98. The Hall–Kier alpha value is -1.69. The molecule has 0 aromatic heterocycles. The molecular formula is C20H29NO4S. The Kier molecular flexibility index (Phi) is 7.38. The van der Waals surface area contributed by atoms with Gasteiger partial charge in [-0.1, -0.05) is 26.7 Å². The van der Waals surface area contributed by atoms with E-state index in [0.717, 1.165) is 17.7 Å². The van der Waals surface area contributed by atoms with Crippen molar-refractivity contribution in [2.75, 3.05) is 13.4 Å². The lowest BCUT2D eigenvalue weighted by Gasteiger charge is -2.35. The number of rotatable bonds is 6. The molecule has 2 rings (SSSR count). The number of hydrogen-bond donors (Lipinski definition) is 1. The second kappa shape index (κ2) is 9.31. The topological polar surface area (TPSA) is 64.6 Å². The van der Waals surface area contributed by atoms with Gasteiger partial charge < -0.3 is 14.8 Å². The van der Waals surface area contributed by atoms with Crippen molar-refractivity contribution in [2.45, 2.75) is 57.1 Å². The number of methoxy groups -OCH3 is 1. The Labute approximate surface area is 160 Å². The summed E-state index contributed by atoms with van der Waals surface area (Å²) < 4.78 is 10.7. The molecule has 0 unspecified atom stereocenters. The summed E-state index contributed by atoms with van der Waals surface area (Å²) in [7, 11) is 1.51. The predicted octanol–water partition coefficient (Wildman–Crippen LogP) is 3.90. The Morgan fingerprint density at radius 1 is 1.27 bits per heavy atom. The van der Waals surface area contributed by atoms with Crippen molar-refractivity contribution in [2.24, 2.45) is 11.8 Å². The van der Waals surface area contributed by atoms with Crippen LogP contribution in [0.5, 0.6) is 5.75 Å². The molecule has 4 atom stereocenters. The Bertz CT molecular complexity index is 649. The van der Waals surface area contributed by atoms with Gasteiger partial charge in [0.25, 0.3) is 5.91 Å². The zero-order chi connectivity index (χ0) is 19.3. The average molecular weight is 380 g/mol. The molecule has 0 radical (unpaired) electrons. The van der Waals surface area contributed by atoms with E-state index < -0.39 is 12.1 Å². The molecule has 0 aliphatic heterocycles. The number of amides is 1. The van der Waals surface area contributed by atoms with E-state index in [9.17, 15) is 9.59 Å². The molecule has 144 valence electrons. The fourth-order valence-corrected chi connectivity index (χ4v) is 3.76. The second-order valence-electron chi connectivity index (χ2n) is 7.00. The van der Waals surface area contributed by atoms with Crippen LogP contribution in [0.1, 0.15) is 50.4 Å². The van der Waals surface area contributed by atoms with Crippen LogP contribution in [0.2, 0.25) is 0 Å². The number of hydrogen-bond acceptors (Lipinski definition) is 5. The maximum absolute atomic E-state index is 12.5. The molecule has 1 N–H and O–H groups in total. The number of ether oxygens (including phenoxy) is 2. The summed E-state index contributed by atoms with van der Waals surface area (Å²) >= 11 is 1.56. The minimum atomic E-state index is -0.850. The molecule has 0 saturated heterocycles. The zero-order valence-corrected chi connectivity index (χ0v) is 17.0. The van der Waals surface area contributed by atoms with Crippen molar-refractivity contribution >= 4 is 23.6 Å². The largest absolute Gasteiger partial charge is 0.496 e. The monoisotopic (exact) mass is 379 g/mol. The number of carbonyl (C=O) groups excluding carboxylic acids is 2. The minimum absolute atomic E-state index is 0.141. The van der Waals surface area contributed by atoms with Crippen LogP contribution in [-0.4, -0.2) is 37.4 Å². The van der Waals surface area contributed by atoms with E-state index >= 15 is 0 Å². The van der Waals surface area contributed by atoms with Gasteiger partial charge in [-0.2, -0.15) is 0 Å². The molecular weight excluding hydrogens is 350 g/mol. The van der Waals surface area contributed by atoms with Crippen molar-refractivity contribution in [3.8, 4) is 5.75 Å². The molecule has 1 fully saturated rings. The highest BCUT2D eigenvalue weighted by atomic mass is 32.2. The summed E-state index contributed by atoms with van der Waals surface area (Å²) in [6.45, 7) is 5.99. The number of benzene rings is 1. The van der Waals surface area contributed by atoms with Gasteiger partial charge in [0.05, 0.1) is 7.11 Å². The molecule has 0 bridgehead atoms. The lowest BCUT2D eigenvalue weighted by atomic mass is 9.78. The van der Waals surface area contributed by atoms with Gasteiger partial charge in [-0.05, 0) is 49.6 Å². The highest BCUT2D eigenvalue weighted by Gasteiger charge is 2.30. The van der Waals surface area contributed by atoms with Gasteiger partial charge in [0, 0.05) is 10.9 Å². The predicted molar refractivity (Wildman–Crippen MR) is 104 cm³/mol. The van der Waals surface area contributed by atoms with Crippen LogP contribution < -0.4 is 10.1 Å². The third-order valence-corrected chi connectivity index (χ3v) is 6.04. The van der Waals surface area contributed by atoms with Gasteiger partial charge in [-0.3, -0.25) is 4.79 Å². The van der Waals surface area contributed by atoms with Crippen molar-refractivity contribution < 1.29 is 19.1 Å². The molecule has 1 saturated carbocycles. The molecule has 1 aliphatic carbocycles. The van der Waals surface area contributed by atoms with E-state index in [4.69, 9.17) is 9.47 Å². The van der Waals surface area contributed by atoms with Gasteiger partial charge in [-0.15, -0.1) is 11.8 Å². The Balaban J connectivity index is 1.99. The van der Waals surface area contributed by atoms with Crippen molar-refractivity contribution in [1.82, 2.24) is 5.32 Å². The molecule has 1 aliphatic rings. The number of carbonyl (C=O) groups is 2. The van der Waals surface area contributed by atoms with Crippen LogP contribution in [0.15, 0.2) is 23.1 Å². The van der Waals surface area contributed by atoms with Gasteiger partial charge in [0.2, 0.25) is 0 Å². The summed E-state index contributed by atoms with van der Waals surface area (Å²) in [5.74, 6) is 0.663. The van der Waals surface area contributed by atoms with Crippen molar-refractivity contribution in [3.05, 3.63) is 23.8 Å². The molecule has 0 heterocycles. The lowest BCUT2D eigenvalue weighted by molar-refractivity contribution is -0.130. The van der Waals surface area contributed by atoms with Crippen LogP contribution >= 0.6 is 11.8 Å². The lowest BCUT2D eigenvalue weighted by Crippen LogP contribution is -2.47. The van der Waals surface area contributed by atoms with Crippen molar-refractivity contribution in [3.63, 3.8) is 0 Å². The van der Waals surface area contributed by atoms with E-state index in [1.807, 2.05) is 12.3 Å². The fourth-order valence-electron chi connectivity index (χ4n) is 3.33. The molecule has 26 heavy (non-hydrogen) atoms. The SMILES string of the molecule is COc1cc(SC)ccc1C(=O)O[C@H](C)C(=O)N[C@H]1CCC[C@@H](C)[C@H]1C. The van der Waals surface area contributed by atoms with Crippen LogP contribution in [-0.2, 0) is 9.53 Å². The second-order valence-corrected chi connectivity index (χ2v) is 7.88. The maximum Gasteiger partial charge on any atom is 0.342 e. The first-order valence-electron chi connectivity index (χ1n) is 9.10. The summed E-state index contributed by atoms with van der Waals surface area (Å²) in [6.07, 6.45) is 4.39. The van der Waals surface area contributed by atoms with Gasteiger partial charge in [0.1, 0.15) is 11.3 Å². The average Bonchev–Trinajstić information content (AvgIpc) is 2.64. The normalized spacial score (nSPS) is 23.8. The Morgan fingerprint density at radius 3 is 2.65 bits per heavy atom. The first kappa shape index (κ1) is 20.6. The molecule has 1 aromatic carbocycles. The smallest absolute Gasteiger partial charge is 0.342 e. The van der Waals surface area contributed by atoms with Crippen LogP contribution in [0, 0.1) is 11.8 Å². The van der Waals surface area contributed by atoms with E-state index in [1.165, 1.54) is 13.5 Å². The summed E-state index contributed by atoms with van der Waals surface area (Å²) in [5, 5.41) is 3.05. The van der Waals surface area contributed by atoms with E-state index in [2.05, 4.69) is 19.2 Å². The van der Waals surface area contributed by atoms with Crippen LogP contribution in [0.3, 0.4) is 0 Å². The van der Waals surface area contributed by atoms with Gasteiger partial charge >= 0.3 is 5.97 Å². The summed E-state index contributed by atoms with van der Waals surface area (Å²) in [5.41, 5.74) is 0.324. The van der Waals surface area contributed by atoms with Gasteiger partial charge in [0.15, 0.2) is 6.10 Å². The molecule has 6 heteroatoms. The van der Waals surface area contributed by atoms with Crippen LogP contribution in [0.25, 0.3) is 0 Å². The van der Waals surface area contributed by atoms with E-state index in [-0.39, 0.29) is 11.9 Å². The third kappa shape index (κ3) is 4.93. The standard InChI is InChI=1S/C20H29NO4S/c1-12-7-6-8-17(13(12)2)21-19(22)14(3)25-20(23)16-10-9-15(26-5)11-18(16)24-4/h9-14,17H,6-8H2,1-5H3,(H,21,22)/t12-,13-,14-,17+/m1/s1. The number of thioether (sulfide) groups is 1. The third-order valence-electron chi connectivity index (χ3n) is 5.32. The molecule has 1 aromatic rings. The fraction of sp³-hybridized carbons (Fsp3) is 0.600. The number of esters is 1. The first-order valence-corrected chi connectivity index (χ1v) is 10.3. The number of nitrogens with one attached hydrogen (secondary N) is 1. The highest BCUT2D eigenvalue weighted by Crippen LogP contribution is 2.30. The van der Waals surface area contributed by atoms with Crippen LogP contribution in [0.4, 0.5) is 0 Å². The van der Waals surface area contributed by atoms with E-state index in [1.54, 1.807) is 30.8 Å². The summed E-state index contributed by atoms with van der Waals surface area (Å²) in [4.78, 5) is 25.9. The van der Waals surface area contributed by atoms with E-state index in [0.29, 0.717) is 23.1 Å². The molecule has 5 nitrogen and oxygen atoms in total. The zero-order valence-electron chi connectivity index (χ0n) is 16.2. The first-order chi connectivity index (χ1) is 12.4. The summed E-state index contributed by atoms with van der Waals surface area (Å²) in [6, 6.07) is 5.43. The quantitative estimate of drug-likeness (QED) is 0.600.